The molecule has 0 aliphatic heterocycles. The molecule has 0 unspecified atom stereocenters. The molecule has 92 valence electrons. The number of halogens is 2. The molecular weight excluding hydrogens is 236 g/mol. The highest BCUT2D eigenvalue weighted by Crippen LogP contribution is 2.10. The van der Waals surface area contributed by atoms with Crippen LogP contribution in [0.25, 0.3) is 0 Å². The van der Waals surface area contributed by atoms with Crippen LogP contribution in [0, 0.1) is 11.6 Å². The minimum atomic E-state index is -1.80. The lowest BCUT2D eigenvalue weighted by Gasteiger charge is -2.08. The van der Waals surface area contributed by atoms with Crippen molar-refractivity contribution in [3.63, 3.8) is 0 Å². The quantitative estimate of drug-likeness (QED) is 0.704. The topological polar surface area (TPSA) is 86.6 Å². The summed E-state index contributed by atoms with van der Waals surface area (Å²) in [5.41, 5.74) is -0.553. The van der Waals surface area contributed by atoms with Gasteiger partial charge in [-0.2, -0.15) is 0 Å². The molecule has 0 heterocycles. The predicted octanol–water partition coefficient (Wildman–Crippen LogP) is 0.140. The Hall–Kier alpha value is -2.02. The maximum Gasteiger partial charge on any atom is 0.334 e. The lowest BCUT2D eigenvalue weighted by molar-refractivity contribution is -0.146. The summed E-state index contributed by atoms with van der Waals surface area (Å²) in [6.07, 6.45) is -1.80. The van der Waals surface area contributed by atoms with Crippen molar-refractivity contribution in [3.05, 3.63) is 35.4 Å². The van der Waals surface area contributed by atoms with E-state index in [1.54, 1.807) is 0 Å². The third kappa shape index (κ3) is 3.22. The van der Waals surface area contributed by atoms with Gasteiger partial charge in [-0.25, -0.2) is 13.6 Å². The van der Waals surface area contributed by atoms with Crippen molar-refractivity contribution >= 4 is 11.9 Å². The van der Waals surface area contributed by atoms with Gasteiger partial charge in [0.05, 0.1) is 12.1 Å². The second-order valence-corrected chi connectivity index (χ2v) is 3.17. The zero-order valence-corrected chi connectivity index (χ0v) is 8.48. The lowest BCUT2D eigenvalue weighted by Crippen LogP contribution is -2.36. The van der Waals surface area contributed by atoms with E-state index in [1.165, 1.54) is 0 Å². The zero-order chi connectivity index (χ0) is 13.0. The van der Waals surface area contributed by atoms with Gasteiger partial charge in [-0.15, -0.1) is 0 Å². The van der Waals surface area contributed by atoms with Crippen LogP contribution >= 0.6 is 0 Å². The molecule has 0 aliphatic carbocycles. The molecule has 0 spiro atoms. The summed E-state index contributed by atoms with van der Waals surface area (Å²) in [4.78, 5) is 21.6. The van der Waals surface area contributed by atoms with Gasteiger partial charge in [-0.3, -0.25) is 4.79 Å². The van der Waals surface area contributed by atoms with Crippen LogP contribution in [0.5, 0.6) is 0 Å². The van der Waals surface area contributed by atoms with Crippen molar-refractivity contribution < 1.29 is 28.6 Å². The van der Waals surface area contributed by atoms with E-state index in [0.717, 1.165) is 18.2 Å². The fraction of sp³-hybridized carbons (Fsp3) is 0.200. The number of amides is 1. The minimum absolute atomic E-state index is 0.553. The molecular formula is C10H9F2NO4. The Labute approximate surface area is 94.7 Å². The van der Waals surface area contributed by atoms with Crippen LogP contribution in [-0.4, -0.2) is 34.7 Å². The summed E-state index contributed by atoms with van der Waals surface area (Å²) in [6.45, 7) is -0.593. The first kappa shape index (κ1) is 13.0. The molecule has 0 saturated carbocycles. The molecule has 0 fully saturated rings. The molecule has 0 saturated heterocycles. The SMILES string of the molecule is O=C(NC[C@H](O)C(=O)O)c1cccc(F)c1F. The average Bonchev–Trinajstić information content (AvgIpc) is 2.29. The van der Waals surface area contributed by atoms with Gasteiger partial charge < -0.3 is 15.5 Å². The number of hydrogen-bond donors (Lipinski definition) is 3. The van der Waals surface area contributed by atoms with Crippen molar-refractivity contribution in [1.82, 2.24) is 5.32 Å². The molecule has 3 N–H and O–H groups in total. The summed E-state index contributed by atoms with van der Waals surface area (Å²) in [6, 6.07) is 3.03. The second kappa shape index (κ2) is 5.35. The number of aliphatic carboxylic acids is 1. The Morgan fingerprint density at radius 2 is 2.00 bits per heavy atom. The van der Waals surface area contributed by atoms with E-state index in [1.807, 2.05) is 5.32 Å². The highest BCUT2D eigenvalue weighted by Gasteiger charge is 2.18. The largest absolute Gasteiger partial charge is 0.479 e. The van der Waals surface area contributed by atoms with Crippen molar-refractivity contribution in [3.8, 4) is 0 Å². The van der Waals surface area contributed by atoms with Gasteiger partial charge in [0, 0.05) is 0 Å². The zero-order valence-electron chi connectivity index (χ0n) is 8.48. The Balaban J connectivity index is 2.71. The Bertz CT molecular complexity index is 450. The van der Waals surface area contributed by atoms with Crippen molar-refractivity contribution in [1.29, 1.82) is 0 Å². The van der Waals surface area contributed by atoms with E-state index < -0.39 is 41.7 Å². The van der Waals surface area contributed by atoms with Crippen LogP contribution in [0.4, 0.5) is 8.78 Å². The molecule has 0 bridgehead atoms. The molecule has 1 atom stereocenters. The normalized spacial score (nSPS) is 11.9. The summed E-state index contributed by atoms with van der Waals surface area (Å²) in [7, 11) is 0. The first-order valence-corrected chi connectivity index (χ1v) is 4.56. The summed E-state index contributed by atoms with van der Waals surface area (Å²) in [5.74, 6) is -5.03. The number of nitrogens with one attached hydrogen (secondary N) is 1. The van der Waals surface area contributed by atoms with E-state index in [0.29, 0.717) is 0 Å². The van der Waals surface area contributed by atoms with E-state index in [-0.39, 0.29) is 0 Å². The maximum absolute atomic E-state index is 13.1. The predicted molar refractivity (Wildman–Crippen MR) is 52.3 cm³/mol. The van der Waals surface area contributed by atoms with Crippen LogP contribution < -0.4 is 5.32 Å². The van der Waals surface area contributed by atoms with Crippen LogP contribution in [0.2, 0.25) is 0 Å². The molecule has 1 amide bonds. The van der Waals surface area contributed by atoms with Gasteiger partial charge in [0.2, 0.25) is 0 Å². The molecule has 1 aromatic carbocycles. The van der Waals surface area contributed by atoms with E-state index in [4.69, 9.17) is 10.2 Å². The fourth-order valence-corrected chi connectivity index (χ4v) is 1.05. The first-order chi connectivity index (χ1) is 7.93. The molecule has 0 radical (unpaired) electrons. The average molecular weight is 245 g/mol. The molecule has 1 rings (SSSR count). The monoisotopic (exact) mass is 245 g/mol. The second-order valence-electron chi connectivity index (χ2n) is 3.17. The third-order valence-corrected chi connectivity index (χ3v) is 1.94. The summed E-state index contributed by atoms with van der Waals surface area (Å²) < 4.78 is 25.9. The Morgan fingerprint density at radius 3 is 2.59 bits per heavy atom. The van der Waals surface area contributed by atoms with Crippen LogP contribution in [0.1, 0.15) is 10.4 Å². The molecule has 5 nitrogen and oxygen atoms in total. The van der Waals surface area contributed by atoms with E-state index in [2.05, 4.69) is 0 Å². The number of carbonyl (C=O) groups is 2. The number of aliphatic hydroxyl groups excluding tert-OH is 1. The van der Waals surface area contributed by atoms with Gasteiger partial charge in [0.15, 0.2) is 17.7 Å². The Morgan fingerprint density at radius 1 is 1.35 bits per heavy atom. The highest BCUT2D eigenvalue weighted by atomic mass is 19.2. The molecule has 1 aromatic rings. The molecule has 17 heavy (non-hydrogen) atoms. The minimum Gasteiger partial charge on any atom is -0.479 e. The van der Waals surface area contributed by atoms with Gasteiger partial charge in [0.25, 0.3) is 5.91 Å². The van der Waals surface area contributed by atoms with Crippen LogP contribution in [0.15, 0.2) is 18.2 Å². The molecule has 7 heteroatoms. The van der Waals surface area contributed by atoms with E-state index in [9.17, 15) is 18.4 Å². The molecule has 0 aliphatic rings. The third-order valence-electron chi connectivity index (χ3n) is 1.94. The maximum atomic E-state index is 13.1. The lowest BCUT2D eigenvalue weighted by atomic mass is 10.2. The Kier molecular flexibility index (Phi) is 4.11. The smallest absolute Gasteiger partial charge is 0.334 e. The number of carboxylic acid groups (broad SMARTS) is 1. The van der Waals surface area contributed by atoms with Gasteiger partial charge in [-0.1, -0.05) is 6.07 Å². The standard InChI is InChI=1S/C10H9F2NO4/c11-6-3-1-2-5(8(6)12)9(15)13-4-7(14)10(16)17/h1-3,7,14H,4H2,(H,13,15)(H,16,17)/t7-/m0/s1. The molecule has 0 aromatic heterocycles. The van der Waals surface area contributed by atoms with Crippen LogP contribution in [0.3, 0.4) is 0 Å². The number of carbonyl (C=O) groups excluding carboxylic acids is 1. The van der Waals surface area contributed by atoms with E-state index >= 15 is 0 Å². The first-order valence-electron chi connectivity index (χ1n) is 4.56. The number of carboxylic acids is 1. The summed E-state index contributed by atoms with van der Waals surface area (Å²) in [5, 5.41) is 19.2. The number of aliphatic hydroxyl groups is 1. The fourth-order valence-electron chi connectivity index (χ4n) is 1.05. The number of hydrogen-bond acceptors (Lipinski definition) is 3. The number of benzene rings is 1. The van der Waals surface area contributed by atoms with Crippen LogP contribution in [-0.2, 0) is 4.79 Å². The van der Waals surface area contributed by atoms with Crippen molar-refractivity contribution in [2.24, 2.45) is 0 Å². The highest BCUT2D eigenvalue weighted by molar-refractivity contribution is 5.94. The van der Waals surface area contributed by atoms with Gasteiger partial charge >= 0.3 is 5.97 Å². The summed E-state index contributed by atoms with van der Waals surface area (Å²) >= 11 is 0. The van der Waals surface area contributed by atoms with Crippen molar-refractivity contribution in [2.45, 2.75) is 6.10 Å². The van der Waals surface area contributed by atoms with Gasteiger partial charge in [0.1, 0.15) is 0 Å². The number of rotatable bonds is 4. The van der Waals surface area contributed by atoms with Gasteiger partial charge in [-0.05, 0) is 12.1 Å². The van der Waals surface area contributed by atoms with Crippen molar-refractivity contribution in [2.75, 3.05) is 6.54 Å².